The molecular formula is C16H14N4S. The number of benzene rings is 1. The molecule has 0 aliphatic carbocycles. The monoisotopic (exact) mass is 294 g/mol. The van der Waals surface area contributed by atoms with Gasteiger partial charge in [-0.25, -0.2) is 4.68 Å². The molecule has 104 valence electrons. The maximum atomic E-state index is 9.22. The van der Waals surface area contributed by atoms with Crippen molar-refractivity contribution in [2.75, 3.05) is 0 Å². The second-order valence-electron chi connectivity index (χ2n) is 4.84. The van der Waals surface area contributed by atoms with Crippen LogP contribution in [0, 0.1) is 18.3 Å². The van der Waals surface area contributed by atoms with Crippen LogP contribution in [-0.2, 0) is 13.0 Å². The molecule has 0 amide bonds. The molecule has 0 fully saturated rings. The molecule has 0 aliphatic rings. The lowest BCUT2D eigenvalue weighted by Crippen LogP contribution is -2.08. The lowest BCUT2D eigenvalue weighted by atomic mass is 10.1. The molecule has 0 spiro atoms. The summed E-state index contributed by atoms with van der Waals surface area (Å²) >= 11 is 1.68. The summed E-state index contributed by atoms with van der Waals surface area (Å²) in [6.45, 7) is 2.72. The molecule has 5 heteroatoms. The molecule has 2 aromatic heterocycles. The van der Waals surface area contributed by atoms with E-state index in [-0.39, 0.29) is 0 Å². The van der Waals surface area contributed by atoms with Crippen LogP contribution in [0.4, 0.5) is 0 Å². The third-order valence-corrected chi connectivity index (χ3v) is 4.32. The Morgan fingerprint density at radius 1 is 1.24 bits per heavy atom. The number of aromatic nitrogens is 3. The average molecular weight is 294 g/mol. The van der Waals surface area contributed by atoms with E-state index < -0.39 is 0 Å². The van der Waals surface area contributed by atoms with Gasteiger partial charge in [-0.2, -0.15) is 5.26 Å². The fraction of sp³-hybridized carbons (Fsp3) is 0.188. The molecule has 0 radical (unpaired) electrons. The first-order valence-electron chi connectivity index (χ1n) is 6.67. The molecule has 0 unspecified atom stereocenters. The molecule has 0 saturated heterocycles. The van der Waals surface area contributed by atoms with E-state index in [2.05, 4.69) is 41.5 Å². The van der Waals surface area contributed by atoms with Crippen molar-refractivity contribution in [3.8, 4) is 6.07 Å². The zero-order valence-corrected chi connectivity index (χ0v) is 12.5. The molecule has 3 aromatic rings. The van der Waals surface area contributed by atoms with Gasteiger partial charge in [-0.05, 0) is 29.5 Å². The van der Waals surface area contributed by atoms with Gasteiger partial charge >= 0.3 is 0 Å². The van der Waals surface area contributed by atoms with E-state index in [4.69, 9.17) is 0 Å². The highest BCUT2D eigenvalue weighted by atomic mass is 32.1. The fourth-order valence-corrected chi connectivity index (χ4v) is 2.96. The van der Waals surface area contributed by atoms with Gasteiger partial charge in [-0.3, -0.25) is 0 Å². The first-order valence-corrected chi connectivity index (χ1v) is 7.55. The topological polar surface area (TPSA) is 54.5 Å². The number of nitriles is 1. The molecule has 0 atom stereocenters. The van der Waals surface area contributed by atoms with Crippen LogP contribution < -0.4 is 0 Å². The highest BCUT2D eigenvalue weighted by Crippen LogP contribution is 2.18. The van der Waals surface area contributed by atoms with Crippen LogP contribution in [0.15, 0.2) is 41.8 Å². The summed E-state index contributed by atoms with van der Waals surface area (Å²) in [5.41, 5.74) is 3.70. The van der Waals surface area contributed by atoms with E-state index in [0.29, 0.717) is 18.7 Å². The number of hydrogen-bond donors (Lipinski definition) is 0. The van der Waals surface area contributed by atoms with Gasteiger partial charge in [-0.1, -0.05) is 35.5 Å². The molecule has 0 aliphatic heterocycles. The van der Waals surface area contributed by atoms with Crippen molar-refractivity contribution >= 4 is 11.3 Å². The Bertz CT molecular complexity index is 781. The molecule has 21 heavy (non-hydrogen) atoms. The molecule has 1 aromatic carbocycles. The van der Waals surface area contributed by atoms with Crippen LogP contribution in [0.1, 0.15) is 27.4 Å². The van der Waals surface area contributed by atoms with E-state index in [1.807, 2.05) is 28.3 Å². The van der Waals surface area contributed by atoms with E-state index in [9.17, 15) is 5.26 Å². The SMILES string of the molecule is Cc1ccccc1Cn1nnc(C#N)c1Cc1cccs1. The molecular weight excluding hydrogens is 280 g/mol. The number of aryl methyl sites for hydroxylation is 1. The van der Waals surface area contributed by atoms with Gasteiger partial charge in [0.1, 0.15) is 6.07 Å². The standard InChI is InChI=1S/C16H14N4S/c1-12-5-2-3-6-13(12)11-20-16(15(10-17)18-19-20)9-14-7-4-8-21-14/h2-8H,9,11H2,1H3. The zero-order chi connectivity index (χ0) is 14.7. The predicted octanol–water partition coefficient (Wildman–Crippen LogP) is 3.16. The van der Waals surface area contributed by atoms with Gasteiger partial charge in [0.2, 0.25) is 0 Å². The minimum Gasteiger partial charge on any atom is -0.243 e. The zero-order valence-electron chi connectivity index (χ0n) is 11.7. The minimum atomic E-state index is 0.414. The Morgan fingerprint density at radius 3 is 2.81 bits per heavy atom. The normalized spacial score (nSPS) is 10.5. The Labute approximate surface area is 127 Å². The van der Waals surface area contributed by atoms with Gasteiger partial charge < -0.3 is 0 Å². The summed E-state index contributed by atoms with van der Waals surface area (Å²) in [6.07, 6.45) is 0.694. The van der Waals surface area contributed by atoms with E-state index in [1.165, 1.54) is 16.0 Å². The van der Waals surface area contributed by atoms with Crippen LogP contribution in [0.25, 0.3) is 0 Å². The summed E-state index contributed by atoms with van der Waals surface area (Å²) in [4.78, 5) is 1.21. The summed E-state index contributed by atoms with van der Waals surface area (Å²) in [6, 6.07) is 14.4. The number of nitrogens with zero attached hydrogens (tertiary/aromatic N) is 4. The van der Waals surface area contributed by atoms with Crippen LogP contribution in [0.5, 0.6) is 0 Å². The highest BCUT2D eigenvalue weighted by Gasteiger charge is 2.14. The molecule has 4 nitrogen and oxygen atoms in total. The van der Waals surface area contributed by atoms with Crippen LogP contribution in [0.2, 0.25) is 0 Å². The van der Waals surface area contributed by atoms with E-state index in [1.54, 1.807) is 11.3 Å². The molecule has 3 rings (SSSR count). The van der Waals surface area contributed by atoms with Crippen LogP contribution in [0.3, 0.4) is 0 Å². The first-order chi connectivity index (χ1) is 10.3. The fourth-order valence-electron chi connectivity index (χ4n) is 2.25. The van der Waals surface area contributed by atoms with Gasteiger partial charge in [0.05, 0.1) is 12.2 Å². The van der Waals surface area contributed by atoms with Crippen molar-refractivity contribution < 1.29 is 0 Å². The summed E-state index contributed by atoms with van der Waals surface area (Å²) < 4.78 is 1.83. The van der Waals surface area contributed by atoms with Crippen molar-refractivity contribution in [2.24, 2.45) is 0 Å². The lowest BCUT2D eigenvalue weighted by Gasteiger charge is -2.08. The number of thiophene rings is 1. The maximum absolute atomic E-state index is 9.22. The Morgan fingerprint density at radius 2 is 2.10 bits per heavy atom. The number of rotatable bonds is 4. The van der Waals surface area contributed by atoms with Crippen molar-refractivity contribution in [2.45, 2.75) is 19.9 Å². The number of hydrogen-bond acceptors (Lipinski definition) is 4. The molecule has 2 heterocycles. The van der Waals surface area contributed by atoms with Gasteiger partial charge in [0, 0.05) is 11.3 Å². The largest absolute Gasteiger partial charge is 0.243 e. The van der Waals surface area contributed by atoms with Crippen LogP contribution >= 0.6 is 11.3 Å². The highest BCUT2D eigenvalue weighted by molar-refractivity contribution is 7.09. The maximum Gasteiger partial charge on any atom is 0.186 e. The van der Waals surface area contributed by atoms with Crippen molar-refractivity contribution in [1.82, 2.24) is 15.0 Å². The van der Waals surface area contributed by atoms with Crippen LogP contribution in [-0.4, -0.2) is 15.0 Å². The van der Waals surface area contributed by atoms with Gasteiger partial charge in [-0.15, -0.1) is 16.4 Å². The van der Waals surface area contributed by atoms with E-state index in [0.717, 1.165) is 5.69 Å². The van der Waals surface area contributed by atoms with Gasteiger partial charge in [0.25, 0.3) is 0 Å². The second kappa shape index (κ2) is 5.90. The molecule has 0 bridgehead atoms. The smallest absolute Gasteiger partial charge is 0.186 e. The van der Waals surface area contributed by atoms with Gasteiger partial charge in [0.15, 0.2) is 5.69 Å². The average Bonchev–Trinajstić information content (AvgIpc) is 3.13. The van der Waals surface area contributed by atoms with E-state index >= 15 is 0 Å². The van der Waals surface area contributed by atoms with Crippen molar-refractivity contribution in [3.05, 3.63) is 69.2 Å². The molecule has 0 saturated carbocycles. The third-order valence-electron chi connectivity index (χ3n) is 3.45. The minimum absolute atomic E-state index is 0.414. The summed E-state index contributed by atoms with van der Waals surface area (Å²) in [5, 5.41) is 19.4. The Kier molecular flexibility index (Phi) is 3.80. The predicted molar refractivity (Wildman–Crippen MR) is 82.1 cm³/mol. The Hall–Kier alpha value is -2.45. The van der Waals surface area contributed by atoms with Crippen molar-refractivity contribution in [3.63, 3.8) is 0 Å². The summed E-state index contributed by atoms with van der Waals surface area (Å²) in [7, 11) is 0. The lowest BCUT2D eigenvalue weighted by molar-refractivity contribution is 0.624. The second-order valence-corrected chi connectivity index (χ2v) is 5.87. The third kappa shape index (κ3) is 2.86. The first kappa shape index (κ1) is 13.5. The summed E-state index contributed by atoms with van der Waals surface area (Å²) in [5.74, 6) is 0. The quantitative estimate of drug-likeness (QED) is 0.742. The Balaban J connectivity index is 1.94. The molecule has 0 N–H and O–H groups in total. The van der Waals surface area contributed by atoms with Crippen molar-refractivity contribution in [1.29, 1.82) is 5.26 Å².